The van der Waals surface area contributed by atoms with Crippen LogP contribution in [0.5, 0.6) is 0 Å². The number of rotatable bonds is 3. The fourth-order valence-electron chi connectivity index (χ4n) is 1.99. The van der Waals surface area contributed by atoms with Gasteiger partial charge in [0.2, 0.25) is 11.6 Å². The number of amides is 1. The molecule has 13 heteroatoms. The van der Waals surface area contributed by atoms with E-state index in [1.54, 1.807) is 0 Å². The minimum atomic E-state index is -5.19. The molecule has 0 aliphatic rings. The van der Waals surface area contributed by atoms with Crippen LogP contribution in [0.25, 0.3) is 17.2 Å². The summed E-state index contributed by atoms with van der Waals surface area (Å²) >= 11 is 0. The van der Waals surface area contributed by atoms with Crippen LogP contribution in [0.15, 0.2) is 32.1 Å². The van der Waals surface area contributed by atoms with Crippen molar-refractivity contribution in [3.8, 4) is 17.2 Å². The van der Waals surface area contributed by atoms with Crippen LogP contribution in [-0.4, -0.2) is 32.1 Å². The summed E-state index contributed by atoms with van der Waals surface area (Å²) in [7, 11) is 0. The van der Waals surface area contributed by atoms with Crippen molar-refractivity contribution in [1.29, 1.82) is 0 Å². The Kier molecular flexibility index (Phi) is 4.06. The van der Waals surface area contributed by atoms with Gasteiger partial charge in [-0.1, -0.05) is 5.16 Å². The number of aryl methyl sites for hydroxylation is 1. The molecular weight excluding hydrogens is 366 g/mol. The lowest BCUT2D eigenvalue weighted by atomic mass is 10.2. The molecule has 2 aromatic heterocycles. The quantitative estimate of drug-likeness (QED) is 0.696. The van der Waals surface area contributed by atoms with Crippen molar-refractivity contribution in [2.45, 2.75) is 13.1 Å². The molecular formula is C13H7F4N5O4. The van der Waals surface area contributed by atoms with Crippen molar-refractivity contribution in [3.05, 3.63) is 40.1 Å². The number of alkyl halides is 3. The topological polar surface area (TPSA) is 116 Å². The summed E-state index contributed by atoms with van der Waals surface area (Å²) in [6, 6.07) is 3.56. The van der Waals surface area contributed by atoms with Gasteiger partial charge in [-0.15, -0.1) is 0 Å². The number of hydrogen-bond acceptors (Lipinski definition) is 7. The average molecular weight is 373 g/mol. The number of halogens is 4. The molecule has 0 radical (unpaired) electrons. The minimum Gasteiger partial charge on any atom is -0.298 e. The Labute approximate surface area is 140 Å². The van der Waals surface area contributed by atoms with E-state index in [0.717, 1.165) is 10.6 Å². The van der Waals surface area contributed by atoms with Gasteiger partial charge in [-0.2, -0.15) is 13.2 Å². The Morgan fingerprint density at radius 1 is 1.23 bits per heavy atom. The number of carbonyl (C=O) groups excluding carboxylic acids is 1. The summed E-state index contributed by atoms with van der Waals surface area (Å²) in [6.07, 6.45) is -5.19. The Hall–Kier alpha value is -3.51. The molecule has 0 saturated heterocycles. The third-order valence-electron chi connectivity index (χ3n) is 3.19. The first-order chi connectivity index (χ1) is 12.2. The summed E-state index contributed by atoms with van der Waals surface area (Å²) in [5, 5.41) is 11.3. The normalized spacial score (nSPS) is 11.6. The summed E-state index contributed by atoms with van der Waals surface area (Å²) in [4.78, 5) is 23.0. The average Bonchev–Trinajstić information content (AvgIpc) is 3.15. The number of benzene rings is 1. The van der Waals surface area contributed by atoms with E-state index < -0.39 is 41.0 Å². The maximum atomic E-state index is 13.4. The molecule has 0 bridgehead atoms. The van der Waals surface area contributed by atoms with Crippen LogP contribution < -0.4 is 11.1 Å². The smallest absolute Gasteiger partial charge is 0.298 e. The number of hydrogen-bond donors (Lipinski definition) is 1. The van der Waals surface area contributed by atoms with Gasteiger partial charge < -0.3 is 0 Å². The van der Waals surface area contributed by atoms with Crippen molar-refractivity contribution in [2.24, 2.45) is 0 Å². The number of aromatic nitrogens is 4. The van der Waals surface area contributed by atoms with Gasteiger partial charge >= 0.3 is 17.8 Å². The molecule has 136 valence electrons. The SMILES string of the molecule is Cc1cc(-n2c(-c3nonc3NC(=O)C(F)(F)F)noc2=O)ccc1F. The third kappa shape index (κ3) is 3.05. The Morgan fingerprint density at radius 2 is 1.96 bits per heavy atom. The van der Waals surface area contributed by atoms with Crippen molar-refractivity contribution >= 4 is 11.7 Å². The molecule has 2 heterocycles. The molecule has 1 N–H and O–H groups in total. The predicted octanol–water partition coefficient (Wildman–Crippen LogP) is 1.82. The predicted molar refractivity (Wildman–Crippen MR) is 74.8 cm³/mol. The van der Waals surface area contributed by atoms with E-state index in [9.17, 15) is 27.2 Å². The van der Waals surface area contributed by atoms with Crippen LogP contribution in [0.3, 0.4) is 0 Å². The molecule has 0 atom stereocenters. The van der Waals surface area contributed by atoms with Gasteiger partial charge in [0, 0.05) is 0 Å². The van der Waals surface area contributed by atoms with E-state index in [-0.39, 0.29) is 11.3 Å². The molecule has 0 fully saturated rings. The monoisotopic (exact) mass is 373 g/mol. The second-order valence-electron chi connectivity index (χ2n) is 4.95. The van der Waals surface area contributed by atoms with E-state index in [0.29, 0.717) is 0 Å². The second kappa shape index (κ2) is 6.09. The van der Waals surface area contributed by atoms with Gasteiger partial charge in [0.25, 0.3) is 0 Å². The van der Waals surface area contributed by atoms with Gasteiger partial charge in [-0.3, -0.25) is 14.6 Å². The first-order valence-electron chi connectivity index (χ1n) is 6.75. The zero-order chi connectivity index (χ0) is 19.1. The first kappa shape index (κ1) is 17.3. The van der Waals surface area contributed by atoms with Crippen LogP contribution in [0.4, 0.5) is 23.4 Å². The highest BCUT2D eigenvalue weighted by atomic mass is 19.4. The number of carbonyl (C=O) groups is 1. The number of nitrogens with one attached hydrogen (secondary N) is 1. The van der Waals surface area contributed by atoms with Crippen LogP contribution in [-0.2, 0) is 4.79 Å². The highest BCUT2D eigenvalue weighted by Crippen LogP contribution is 2.26. The van der Waals surface area contributed by atoms with Crippen molar-refractivity contribution < 1.29 is 31.5 Å². The third-order valence-corrected chi connectivity index (χ3v) is 3.19. The lowest BCUT2D eigenvalue weighted by molar-refractivity contribution is -0.167. The summed E-state index contributed by atoms with van der Waals surface area (Å²) in [5.74, 6) is -5.03. The molecule has 26 heavy (non-hydrogen) atoms. The highest BCUT2D eigenvalue weighted by molar-refractivity contribution is 5.96. The Bertz CT molecular complexity index is 1040. The Morgan fingerprint density at radius 3 is 2.62 bits per heavy atom. The maximum absolute atomic E-state index is 13.4. The molecule has 0 spiro atoms. The fraction of sp³-hybridized carbons (Fsp3) is 0.154. The van der Waals surface area contributed by atoms with Gasteiger partial charge in [0.05, 0.1) is 5.69 Å². The highest BCUT2D eigenvalue weighted by Gasteiger charge is 2.40. The van der Waals surface area contributed by atoms with Crippen LogP contribution in [0, 0.1) is 12.7 Å². The van der Waals surface area contributed by atoms with Crippen molar-refractivity contribution in [3.63, 3.8) is 0 Å². The molecule has 0 unspecified atom stereocenters. The molecule has 1 aromatic carbocycles. The minimum absolute atomic E-state index is 0.0984. The summed E-state index contributed by atoms with van der Waals surface area (Å²) in [5.41, 5.74) is -0.206. The van der Waals surface area contributed by atoms with Gasteiger partial charge in [0.1, 0.15) is 5.82 Å². The molecule has 0 aliphatic heterocycles. The molecule has 0 saturated carbocycles. The lowest BCUT2D eigenvalue weighted by Gasteiger charge is -2.07. The molecule has 3 aromatic rings. The number of nitrogens with zero attached hydrogens (tertiary/aromatic N) is 4. The lowest BCUT2D eigenvalue weighted by Crippen LogP contribution is -2.30. The largest absolute Gasteiger partial charge is 0.471 e. The zero-order valence-corrected chi connectivity index (χ0v) is 12.7. The Balaban J connectivity index is 2.08. The first-order valence-corrected chi connectivity index (χ1v) is 6.75. The van der Waals surface area contributed by atoms with E-state index in [4.69, 9.17) is 0 Å². The van der Waals surface area contributed by atoms with Gasteiger partial charge in [-0.25, -0.2) is 18.4 Å². The molecule has 9 nitrogen and oxygen atoms in total. The van der Waals surface area contributed by atoms with E-state index in [1.807, 2.05) is 0 Å². The number of anilines is 1. The van der Waals surface area contributed by atoms with Crippen LogP contribution in [0.1, 0.15) is 5.56 Å². The van der Waals surface area contributed by atoms with Crippen LogP contribution in [0.2, 0.25) is 0 Å². The van der Waals surface area contributed by atoms with E-state index in [1.165, 1.54) is 24.4 Å². The standard InChI is InChI=1S/C13H7F4N5O4/c1-5-4-6(2-3-7(5)14)22-10(21-25-12(22)24)8-9(20-26-19-8)18-11(23)13(15,16)17/h2-4H,1H3,(H,18,20,23). The van der Waals surface area contributed by atoms with Crippen molar-refractivity contribution in [1.82, 2.24) is 20.0 Å². The molecule has 1 amide bonds. The summed E-state index contributed by atoms with van der Waals surface area (Å²) < 4.78 is 60.2. The van der Waals surface area contributed by atoms with E-state index >= 15 is 0 Å². The van der Waals surface area contributed by atoms with Crippen LogP contribution >= 0.6 is 0 Å². The fourth-order valence-corrected chi connectivity index (χ4v) is 1.99. The van der Waals surface area contributed by atoms with Crippen molar-refractivity contribution in [2.75, 3.05) is 5.32 Å². The summed E-state index contributed by atoms with van der Waals surface area (Å²) in [6.45, 7) is 1.43. The molecule has 3 rings (SSSR count). The van der Waals surface area contributed by atoms with Gasteiger partial charge in [-0.05, 0) is 41.0 Å². The molecule has 0 aliphatic carbocycles. The zero-order valence-electron chi connectivity index (χ0n) is 12.7. The van der Waals surface area contributed by atoms with Gasteiger partial charge in [0.15, 0.2) is 5.69 Å². The maximum Gasteiger partial charge on any atom is 0.471 e. The van der Waals surface area contributed by atoms with E-state index in [2.05, 4.69) is 24.6 Å². The second-order valence-corrected chi connectivity index (χ2v) is 4.95.